The molecule has 3 rings (SSSR count). The maximum Gasteiger partial charge on any atom is 0.356 e. The molecule has 0 aromatic carbocycles. The van der Waals surface area contributed by atoms with Gasteiger partial charge in [0.15, 0.2) is 11.5 Å². The second-order valence-electron chi connectivity index (χ2n) is 4.02. The topological polar surface area (TPSA) is 93.5 Å². The fourth-order valence-corrected chi connectivity index (χ4v) is 1.93. The van der Waals surface area contributed by atoms with Gasteiger partial charge in [-0.25, -0.2) is 9.78 Å². The van der Waals surface area contributed by atoms with Crippen LogP contribution in [0, 0.1) is 0 Å². The van der Waals surface area contributed by atoms with Crippen molar-refractivity contribution in [3.8, 4) is 11.5 Å². The van der Waals surface area contributed by atoms with E-state index in [9.17, 15) is 9.90 Å². The average Bonchev–Trinajstić information content (AvgIpc) is 2.78. The first kappa shape index (κ1) is 11.2. The number of pyridine rings is 2. The van der Waals surface area contributed by atoms with Gasteiger partial charge in [0.25, 0.3) is 0 Å². The van der Waals surface area contributed by atoms with Gasteiger partial charge in [0.1, 0.15) is 5.69 Å². The van der Waals surface area contributed by atoms with Gasteiger partial charge in [0.05, 0.1) is 5.52 Å². The standard InChI is InChI=1S/C13H10N4O2/c14-8-4-6-17-10(7-8)11(13(18)19)16-12(17)9-3-1-2-5-15-9/h1-7H,14H2,(H,18,19). The molecule has 0 amide bonds. The third kappa shape index (κ3) is 1.79. The van der Waals surface area contributed by atoms with E-state index in [2.05, 4.69) is 9.97 Å². The molecule has 0 aliphatic heterocycles. The van der Waals surface area contributed by atoms with E-state index < -0.39 is 5.97 Å². The molecule has 6 heteroatoms. The summed E-state index contributed by atoms with van der Waals surface area (Å²) in [5.41, 5.74) is 7.20. The molecule has 0 saturated heterocycles. The number of carboxylic acids is 1. The molecule has 0 fully saturated rings. The van der Waals surface area contributed by atoms with E-state index in [-0.39, 0.29) is 5.69 Å². The Kier molecular flexibility index (Phi) is 2.42. The van der Waals surface area contributed by atoms with Crippen LogP contribution in [-0.2, 0) is 0 Å². The van der Waals surface area contributed by atoms with Crippen LogP contribution in [0.1, 0.15) is 10.5 Å². The van der Waals surface area contributed by atoms with E-state index in [0.29, 0.717) is 22.7 Å². The Morgan fingerprint density at radius 1 is 1.32 bits per heavy atom. The number of fused-ring (bicyclic) bond motifs is 1. The van der Waals surface area contributed by atoms with Gasteiger partial charge in [-0.05, 0) is 24.3 Å². The summed E-state index contributed by atoms with van der Waals surface area (Å²) in [4.78, 5) is 19.6. The summed E-state index contributed by atoms with van der Waals surface area (Å²) in [7, 11) is 0. The van der Waals surface area contributed by atoms with Crippen molar-refractivity contribution < 1.29 is 9.90 Å². The molecule has 0 aliphatic carbocycles. The summed E-state index contributed by atoms with van der Waals surface area (Å²) in [6, 6.07) is 8.66. The highest BCUT2D eigenvalue weighted by Crippen LogP contribution is 2.22. The van der Waals surface area contributed by atoms with Crippen LogP contribution in [0.25, 0.3) is 17.0 Å². The number of aromatic nitrogens is 3. The van der Waals surface area contributed by atoms with E-state index in [1.807, 2.05) is 6.07 Å². The second kappa shape index (κ2) is 4.09. The van der Waals surface area contributed by atoms with Crippen LogP contribution in [-0.4, -0.2) is 25.4 Å². The SMILES string of the molecule is Nc1ccn2c(-c3ccccn3)nc(C(=O)O)c2c1. The number of carbonyl (C=O) groups is 1. The van der Waals surface area contributed by atoms with Crippen molar-refractivity contribution in [2.45, 2.75) is 0 Å². The van der Waals surface area contributed by atoms with E-state index in [1.54, 1.807) is 41.1 Å². The fourth-order valence-electron chi connectivity index (χ4n) is 1.93. The van der Waals surface area contributed by atoms with Crippen molar-refractivity contribution in [2.24, 2.45) is 0 Å². The number of nitrogens with zero attached hydrogens (tertiary/aromatic N) is 3. The first-order valence-electron chi connectivity index (χ1n) is 5.59. The van der Waals surface area contributed by atoms with Crippen LogP contribution in [0.5, 0.6) is 0 Å². The number of rotatable bonds is 2. The van der Waals surface area contributed by atoms with Crippen molar-refractivity contribution in [3.63, 3.8) is 0 Å². The molecule has 0 spiro atoms. The summed E-state index contributed by atoms with van der Waals surface area (Å²) < 4.78 is 1.67. The molecule has 6 nitrogen and oxygen atoms in total. The summed E-state index contributed by atoms with van der Waals surface area (Å²) in [5, 5.41) is 9.20. The molecule has 3 heterocycles. The summed E-state index contributed by atoms with van der Waals surface area (Å²) in [5.74, 6) is -0.613. The van der Waals surface area contributed by atoms with Crippen LogP contribution in [0.4, 0.5) is 5.69 Å². The Balaban J connectivity index is 2.35. The molecular weight excluding hydrogens is 244 g/mol. The highest BCUT2D eigenvalue weighted by molar-refractivity contribution is 5.95. The zero-order valence-corrected chi connectivity index (χ0v) is 9.82. The third-order valence-electron chi connectivity index (χ3n) is 2.76. The quantitative estimate of drug-likeness (QED) is 0.725. The molecule has 0 atom stereocenters. The van der Waals surface area contributed by atoms with Gasteiger partial charge in [0.2, 0.25) is 0 Å². The van der Waals surface area contributed by atoms with Crippen LogP contribution in [0.2, 0.25) is 0 Å². The zero-order chi connectivity index (χ0) is 13.4. The lowest BCUT2D eigenvalue weighted by Gasteiger charge is -2.00. The van der Waals surface area contributed by atoms with Crippen molar-refractivity contribution in [2.75, 3.05) is 5.73 Å². The molecular formula is C13H10N4O2. The number of nitrogen functional groups attached to an aromatic ring is 1. The molecule has 0 radical (unpaired) electrons. The van der Waals surface area contributed by atoms with Gasteiger partial charge >= 0.3 is 5.97 Å². The van der Waals surface area contributed by atoms with E-state index in [4.69, 9.17) is 5.73 Å². The molecule has 3 aromatic heterocycles. The molecule has 0 saturated carbocycles. The average molecular weight is 254 g/mol. The Morgan fingerprint density at radius 3 is 2.84 bits per heavy atom. The minimum absolute atomic E-state index is 0.0343. The number of carboxylic acid groups (broad SMARTS) is 1. The number of anilines is 1. The largest absolute Gasteiger partial charge is 0.476 e. The van der Waals surface area contributed by atoms with Crippen LogP contribution < -0.4 is 5.73 Å². The van der Waals surface area contributed by atoms with Gasteiger partial charge < -0.3 is 10.8 Å². The highest BCUT2D eigenvalue weighted by Gasteiger charge is 2.18. The Bertz CT molecular complexity index is 765. The summed E-state index contributed by atoms with van der Waals surface area (Å²) in [6.07, 6.45) is 3.32. The lowest BCUT2D eigenvalue weighted by atomic mass is 10.3. The Hall–Kier alpha value is -2.89. The first-order valence-corrected chi connectivity index (χ1v) is 5.59. The van der Waals surface area contributed by atoms with Gasteiger partial charge in [0, 0.05) is 18.1 Å². The number of nitrogens with two attached hydrogens (primary N) is 1. The number of imidazole rings is 1. The van der Waals surface area contributed by atoms with Crippen molar-refractivity contribution >= 4 is 17.2 Å². The van der Waals surface area contributed by atoms with Crippen molar-refractivity contribution in [3.05, 3.63) is 48.4 Å². The first-order chi connectivity index (χ1) is 9.16. The highest BCUT2D eigenvalue weighted by atomic mass is 16.4. The van der Waals surface area contributed by atoms with Gasteiger partial charge in [-0.3, -0.25) is 9.38 Å². The molecule has 19 heavy (non-hydrogen) atoms. The van der Waals surface area contributed by atoms with E-state index >= 15 is 0 Å². The van der Waals surface area contributed by atoms with Gasteiger partial charge in [-0.15, -0.1) is 0 Å². The maximum absolute atomic E-state index is 11.2. The Labute approximate surface area is 108 Å². The second-order valence-corrected chi connectivity index (χ2v) is 4.02. The molecule has 0 bridgehead atoms. The predicted molar refractivity (Wildman–Crippen MR) is 69.8 cm³/mol. The molecule has 94 valence electrons. The molecule has 3 aromatic rings. The minimum atomic E-state index is -1.09. The summed E-state index contributed by atoms with van der Waals surface area (Å²) in [6.45, 7) is 0. The monoisotopic (exact) mass is 254 g/mol. The van der Waals surface area contributed by atoms with E-state index in [1.165, 1.54) is 0 Å². The number of aromatic carboxylic acids is 1. The minimum Gasteiger partial charge on any atom is -0.476 e. The fraction of sp³-hybridized carbons (Fsp3) is 0. The van der Waals surface area contributed by atoms with Crippen LogP contribution in [0.15, 0.2) is 42.7 Å². The number of hydrogen-bond donors (Lipinski definition) is 2. The smallest absolute Gasteiger partial charge is 0.356 e. The number of hydrogen-bond acceptors (Lipinski definition) is 4. The van der Waals surface area contributed by atoms with Crippen LogP contribution >= 0.6 is 0 Å². The lowest BCUT2D eigenvalue weighted by Crippen LogP contribution is -1.97. The molecule has 0 unspecified atom stereocenters. The molecule has 0 aliphatic rings. The molecule has 3 N–H and O–H groups in total. The Morgan fingerprint density at radius 2 is 2.16 bits per heavy atom. The van der Waals surface area contributed by atoms with Crippen molar-refractivity contribution in [1.82, 2.24) is 14.4 Å². The van der Waals surface area contributed by atoms with Gasteiger partial charge in [-0.2, -0.15) is 0 Å². The van der Waals surface area contributed by atoms with Gasteiger partial charge in [-0.1, -0.05) is 6.07 Å². The van der Waals surface area contributed by atoms with Crippen LogP contribution in [0.3, 0.4) is 0 Å². The maximum atomic E-state index is 11.2. The summed E-state index contributed by atoms with van der Waals surface area (Å²) >= 11 is 0. The normalized spacial score (nSPS) is 10.7. The zero-order valence-electron chi connectivity index (χ0n) is 9.82. The van der Waals surface area contributed by atoms with Crippen molar-refractivity contribution in [1.29, 1.82) is 0 Å². The predicted octanol–water partition coefficient (Wildman–Crippen LogP) is 1.68. The lowest BCUT2D eigenvalue weighted by molar-refractivity contribution is 0.0693. The third-order valence-corrected chi connectivity index (χ3v) is 2.76. The van der Waals surface area contributed by atoms with E-state index in [0.717, 1.165) is 0 Å².